The fourth-order valence-corrected chi connectivity index (χ4v) is 3.49. The van der Waals surface area contributed by atoms with Crippen molar-refractivity contribution >= 4 is 33.3 Å². The second-order valence-corrected chi connectivity index (χ2v) is 6.20. The highest BCUT2D eigenvalue weighted by Crippen LogP contribution is 2.27. The zero-order valence-corrected chi connectivity index (χ0v) is 13.0. The van der Waals surface area contributed by atoms with Crippen LogP contribution in [0.1, 0.15) is 5.69 Å². The molecule has 0 bridgehead atoms. The molecule has 2 aromatic carbocycles. The number of nitrogens with one attached hydrogen (secondary N) is 1. The summed E-state index contributed by atoms with van der Waals surface area (Å²) in [5.74, 6) is 0.642. The summed E-state index contributed by atoms with van der Waals surface area (Å²) in [6.07, 6.45) is 1.76. The third kappa shape index (κ3) is 2.71. The quantitative estimate of drug-likeness (QED) is 0.584. The number of hydrogen-bond acceptors (Lipinski definition) is 4. The molecule has 0 unspecified atom stereocenters. The van der Waals surface area contributed by atoms with Gasteiger partial charge in [-0.15, -0.1) is 5.10 Å². The number of fused-ring (bicyclic) bond motifs is 2. The monoisotopic (exact) mass is 319 g/mol. The minimum absolute atomic E-state index is 0.0531. The van der Waals surface area contributed by atoms with E-state index in [9.17, 15) is 4.79 Å². The van der Waals surface area contributed by atoms with E-state index in [0.717, 1.165) is 26.9 Å². The standard InChI is InChI=1S/C18H13N3OS/c22-17-15-7-3-1-5-12(15)9-14(20-17)11-23-18-16-8-4-2-6-13(16)10-19-21-18/h1-10H,11H2,(H,20,22). The topological polar surface area (TPSA) is 58.6 Å². The van der Waals surface area contributed by atoms with Crippen molar-refractivity contribution in [1.82, 2.24) is 15.2 Å². The average molecular weight is 319 g/mol. The summed E-state index contributed by atoms with van der Waals surface area (Å²) in [7, 11) is 0. The first-order valence-corrected chi connectivity index (χ1v) is 8.24. The molecule has 112 valence electrons. The van der Waals surface area contributed by atoms with Gasteiger partial charge < -0.3 is 4.98 Å². The summed E-state index contributed by atoms with van der Waals surface area (Å²) in [4.78, 5) is 15.1. The molecule has 2 aromatic heterocycles. The highest BCUT2D eigenvalue weighted by atomic mass is 32.2. The Hall–Kier alpha value is -2.66. The molecule has 0 amide bonds. The van der Waals surface area contributed by atoms with E-state index < -0.39 is 0 Å². The third-order valence-corrected chi connectivity index (χ3v) is 4.74. The number of hydrogen-bond donors (Lipinski definition) is 1. The van der Waals surface area contributed by atoms with Crippen LogP contribution in [0.4, 0.5) is 0 Å². The maximum absolute atomic E-state index is 12.1. The number of pyridine rings is 1. The van der Waals surface area contributed by atoms with Crippen LogP contribution in [0.5, 0.6) is 0 Å². The van der Waals surface area contributed by atoms with Gasteiger partial charge in [-0.2, -0.15) is 5.10 Å². The number of rotatable bonds is 3. The normalized spacial score (nSPS) is 11.1. The molecule has 4 nitrogen and oxygen atoms in total. The SMILES string of the molecule is O=c1[nH]c(CSc2nncc3ccccc23)cc2ccccc12. The Morgan fingerprint density at radius 2 is 1.70 bits per heavy atom. The van der Waals surface area contributed by atoms with Crippen molar-refractivity contribution in [3.8, 4) is 0 Å². The molecule has 0 saturated heterocycles. The van der Waals surface area contributed by atoms with E-state index in [1.807, 2.05) is 54.6 Å². The Kier molecular flexibility index (Phi) is 3.55. The van der Waals surface area contributed by atoms with Gasteiger partial charge in [0.25, 0.3) is 5.56 Å². The van der Waals surface area contributed by atoms with Crippen LogP contribution >= 0.6 is 11.8 Å². The van der Waals surface area contributed by atoms with Gasteiger partial charge >= 0.3 is 0 Å². The number of H-pyrrole nitrogens is 1. The largest absolute Gasteiger partial charge is 0.325 e. The summed E-state index contributed by atoms with van der Waals surface area (Å²) in [5, 5.41) is 13.0. The molecule has 1 N–H and O–H groups in total. The van der Waals surface area contributed by atoms with Gasteiger partial charge in [0.2, 0.25) is 0 Å². The highest BCUT2D eigenvalue weighted by molar-refractivity contribution is 7.98. The molecular weight excluding hydrogens is 306 g/mol. The number of aromatic amines is 1. The fraction of sp³-hybridized carbons (Fsp3) is 0.0556. The predicted octanol–water partition coefficient (Wildman–Crippen LogP) is 3.76. The first-order chi connectivity index (χ1) is 11.3. The molecule has 0 radical (unpaired) electrons. The Bertz CT molecular complexity index is 1050. The van der Waals surface area contributed by atoms with E-state index >= 15 is 0 Å². The van der Waals surface area contributed by atoms with Gasteiger partial charge in [0.15, 0.2) is 0 Å². The van der Waals surface area contributed by atoms with Crippen LogP contribution in [0.15, 0.2) is 70.6 Å². The zero-order chi connectivity index (χ0) is 15.6. The van der Waals surface area contributed by atoms with E-state index in [1.54, 1.807) is 18.0 Å². The van der Waals surface area contributed by atoms with Crippen LogP contribution in [0.3, 0.4) is 0 Å². The molecule has 0 spiro atoms. The van der Waals surface area contributed by atoms with Gasteiger partial charge in [0, 0.05) is 27.6 Å². The second kappa shape index (κ2) is 5.85. The van der Waals surface area contributed by atoms with E-state index in [0.29, 0.717) is 11.1 Å². The van der Waals surface area contributed by atoms with Gasteiger partial charge in [-0.1, -0.05) is 54.2 Å². The minimum atomic E-state index is -0.0531. The Morgan fingerprint density at radius 1 is 0.957 bits per heavy atom. The molecular formula is C18H13N3OS. The van der Waals surface area contributed by atoms with Crippen molar-refractivity contribution in [2.24, 2.45) is 0 Å². The molecule has 2 heterocycles. The summed E-state index contributed by atoms with van der Waals surface area (Å²) >= 11 is 1.58. The molecule has 0 atom stereocenters. The van der Waals surface area contributed by atoms with Crippen molar-refractivity contribution in [2.75, 3.05) is 0 Å². The Labute approximate surface area is 136 Å². The molecule has 4 aromatic rings. The van der Waals surface area contributed by atoms with Crippen molar-refractivity contribution < 1.29 is 0 Å². The molecule has 0 saturated carbocycles. The number of nitrogens with zero attached hydrogens (tertiary/aromatic N) is 2. The number of thioether (sulfide) groups is 1. The van der Waals surface area contributed by atoms with Crippen molar-refractivity contribution in [1.29, 1.82) is 0 Å². The summed E-state index contributed by atoms with van der Waals surface area (Å²) in [6, 6.07) is 17.7. The third-order valence-electron chi connectivity index (χ3n) is 3.71. The first-order valence-electron chi connectivity index (χ1n) is 7.25. The van der Waals surface area contributed by atoms with Crippen LogP contribution in [0.2, 0.25) is 0 Å². The van der Waals surface area contributed by atoms with Crippen molar-refractivity contribution in [3.05, 3.63) is 76.8 Å². The van der Waals surface area contributed by atoms with Crippen LogP contribution < -0.4 is 5.56 Å². The Balaban J connectivity index is 1.67. The Morgan fingerprint density at radius 3 is 2.57 bits per heavy atom. The highest BCUT2D eigenvalue weighted by Gasteiger charge is 2.06. The zero-order valence-electron chi connectivity index (χ0n) is 12.2. The summed E-state index contributed by atoms with van der Waals surface area (Å²) < 4.78 is 0. The van der Waals surface area contributed by atoms with Gasteiger partial charge in [0.1, 0.15) is 5.03 Å². The van der Waals surface area contributed by atoms with Crippen LogP contribution in [-0.4, -0.2) is 15.2 Å². The lowest BCUT2D eigenvalue weighted by molar-refractivity contribution is 0.954. The van der Waals surface area contributed by atoms with Crippen molar-refractivity contribution in [2.45, 2.75) is 10.8 Å². The van der Waals surface area contributed by atoms with Gasteiger partial charge in [-0.05, 0) is 17.5 Å². The van der Waals surface area contributed by atoms with Crippen LogP contribution in [-0.2, 0) is 5.75 Å². The van der Waals surface area contributed by atoms with Gasteiger partial charge in [-0.25, -0.2) is 0 Å². The molecule has 4 rings (SSSR count). The molecule has 23 heavy (non-hydrogen) atoms. The van der Waals surface area contributed by atoms with E-state index in [1.165, 1.54) is 0 Å². The van der Waals surface area contributed by atoms with E-state index in [4.69, 9.17) is 0 Å². The predicted molar refractivity (Wildman–Crippen MR) is 93.7 cm³/mol. The lowest BCUT2D eigenvalue weighted by Gasteiger charge is -2.05. The minimum Gasteiger partial charge on any atom is -0.325 e. The second-order valence-electron chi connectivity index (χ2n) is 5.24. The van der Waals surface area contributed by atoms with Crippen LogP contribution in [0.25, 0.3) is 21.5 Å². The molecule has 0 aliphatic heterocycles. The van der Waals surface area contributed by atoms with Crippen LogP contribution in [0, 0.1) is 0 Å². The van der Waals surface area contributed by atoms with E-state index in [-0.39, 0.29) is 5.56 Å². The smallest absolute Gasteiger partial charge is 0.256 e. The summed E-state index contributed by atoms with van der Waals surface area (Å²) in [6.45, 7) is 0. The maximum Gasteiger partial charge on any atom is 0.256 e. The maximum atomic E-state index is 12.1. The molecule has 5 heteroatoms. The van der Waals surface area contributed by atoms with E-state index in [2.05, 4.69) is 15.2 Å². The van der Waals surface area contributed by atoms with Gasteiger partial charge in [0.05, 0.1) is 6.20 Å². The lowest BCUT2D eigenvalue weighted by atomic mass is 10.1. The first kappa shape index (κ1) is 14.0. The summed E-state index contributed by atoms with van der Waals surface area (Å²) in [5.41, 5.74) is 0.830. The fourth-order valence-electron chi connectivity index (χ4n) is 2.60. The molecule has 0 aliphatic rings. The lowest BCUT2D eigenvalue weighted by Crippen LogP contribution is -2.08. The van der Waals surface area contributed by atoms with Crippen molar-refractivity contribution in [3.63, 3.8) is 0 Å². The molecule has 0 aliphatic carbocycles. The molecule has 0 fully saturated rings. The number of aromatic nitrogens is 3. The number of benzene rings is 2. The average Bonchev–Trinajstić information content (AvgIpc) is 2.60. The van der Waals surface area contributed by atoms with Gasteiger partial charge in [-0.3, -0.25) is 4.79 Å².